The third kappa shape index (κ3) is 2.59. The molecule has 2 aliphatic rings. The molecule has 5 heteroatoms. The highest BCUT2D eigenvalue weighted by Gasteiger charge is 2.48. The molecule has 0 unspecified atom stereocenters. The number of hydrogen-bond donors (Lipinski definition) is 1. The number of ether oxygens (including phenoxy) is 3. The molecule has 0 bridgehead atoms. The first-order chi connectivity index (χ1) is 10.7. The lowest BCUT2D eigenvalue weighted by Gasteiger charge is -2.35. The van der Waals surface area contributed by atoms with E-state index in [0.717, 1.165) is 42.7 Å². The quantitative estimate of drug-likeness (QED) is 0.850. The second-order valence-electron chi connectivity index (χ2n) is 5.95. The molecule has 1 N–H and O–H groups in total. The van der Waals surface area contributed by atoms with Gasteiger partial charge >= 0.3 is 0 Å². The SMILES string of the molecule is CCOc1ccc2c(c1)C1(CCC(OCOC)CC1)C(=O)N2. The number of rotatable bonds is 5. The second-order valence-corrected chi connectivity index (χ2v) is 5.95. The van der Waals surface area contributed by atoms with Gasteiger partial charge in [-0.3, -0.25) is 4.79 Å². The molecule has 1 aliphatic heterocycles. The van der Waals surface area contributed by atoms with Crippen molar-refractivity contribution in [2.45, 2.75) is 44.1 Å². The van der Waals surface area contributed by atoms with Crippen LogP contribution in [0.15, 0.2) is 18.2 Å². The Kier molecular flexibility index (Phi) is 4.36. The number of carbonyl (C=O) groups excluding carboxylic acids is 1. The van der Waals surface area contributed by atoms with E-state index in [1.807, 2.05) is 25.1 Å². The third-order valence-electron chi connectivity index (χ3n) is 4.71. The minimum atomic E-state index is -0.421. The molecule has 1 aromatic rings. The van der Waals surface area contributed by atoms with E-state index in [1.54, 1.807) is 7.11 Å². The van der Waals surface area contributed by atoms with E-state index in [4.69, 9.17) is 14.2 Å². The maximum Gasteiger partial charge on any atom is 0.235 e. The van der Waals surface area contributed by atoms with Crippen LogP contribution in [-0.4, -0.2) is 32.5 Å². The number of amides is 1. The van der Waals surface area contributed by atoms with Crippen molar-refractivity contribution in [3.63, 3.8) is 0 Å². The summed E-state index contributed by atoms with van der Waals surface area (Å²) in [6.45, 7) is 2.90. The highest BCUT2D eigenvalue weighted by molar-refractivity contribution is 6.06. The first kappa shape index (κ1) is 15.3. The molecule has 0 radical (unpaired) electrons. The van der Waals surface area contributed by atoms with Crippen molar-refractivity contribution >= 4 is 11.6 Å². The molecule has 22 heavy (non-hydrogen) atoms. The normalized spacial score (nSPS) is 26.8. The summed E-state index contributed by atoms with van der Waals surface area (Å²) in [7, 11) is 1.63. The number of fused-ring (bicyclic) bond motifs is 2. The van der Waals surface area contributed by atoms with Crippen LogP contribution in [0.2, 0.25) is 0 Å². The molecule has 0 aromatic heterocycles. The predicted octanol–water partition coefficient (Wildman–Crippen LogP) is 2.84. The van der Waals surface area contributed by atoms with Gasteiger partial charge in [-0.1, -0.05) is 0 Å². The molecule has 1 spiro atoms. The van der Waals surface area contributed by atoms with Crippen LogP contribution in [0.3, 0.4) is 0 Å². The molecule has 120 valence electrons. The molecule has 1 heterocycles. The van der Waals surface area contributed by atoms with Crippen molar-refractivity contribution in [2.75, 3.05) is 25.8 Å². The molecule has 1 amide bonds. The number of anilines is 1. The Labute approximate surface area is 130 Å². The summed E-state index contributed by atoms with van der Waals surface area (Å²) in [4.78, 5) is 12.6. The average Bonchev–Trinajstić information content (AvgIpc) is 2.80. The third-order valence-corrected chi connectivity index (χ3v) is 4.71. The smallest absolute Gasteiger partial charge is 0.235 e. The van der Waals surface area contributed by atoms with E-state index < -0.39 is 5.41 Å². The van der Waals surface area contributed by atoms with Gasteiger partial charge in [0.2, 0.25) is 5.91 Å². The Morgan fingerprint density at radius 3 is 2.77 bits per heavy atom. The summed E-state index contributed by atoms with van der Waals surface area (Å²) in [5.74, 6) is 0.941. The maximum atomic E-state index is 12.6. The van der Waals surface area contributed by atoms with Crippen molar-refractivity contribution in [1.29, 1.82) is 0 Å². The van der Waals surface area contributed by atoms with Crippen molar-refractivity contribution in [3.05, 3.63) is 23.8 Å². The summed E-state index contributed by atoms with van der Waals surface area (Å²) >= 11 is 0. The molecule has 0 saturated heterocycles. The van der Waals surface area contributed by atoms with Crippen LogP contribution in [0, 0.1) is 0 Å². The molecule has 1 aromatic carbocycles. The zero-order valence-corrected chi connectivity index (χ0v) is 13.2. The zero-order chi connectivity index (χ0) is 15.6. The van der Waals surface area contributed by atoms with Crippen LogP contribution in [0.25, 0.3) is 0 Å². The fraction of sp³-hybridized carbons (Fsp3) is 0.588. The molecule has 1 saturated carbocycles. The summed E-state index contributed by atoms with van der Waals surface area (Å²) in [5.41, 5.74) is 1.58. The van der Waals surface area contributed by atoms with Gasteiger partial charge in [0, 0.05) is 12.8 Å². The van der Waals surface area contributed by atoms with Gasteiger partial charge in [0.05, 0.1) is 18.1 Å². The molecule has 5 nitrogen and oxygen atoms in total. The monoisotopic (exact) mass is 305 g/mol. The van der Waals surface area contributed by atoms with Gasteiger partial charge in [-0.05, 0) is 56.4 Å². The number of carbonyl (C=O) groups is 1. The van der Waals surface area contributed by atoms with E-state index in [0.29, 0.717) is 13.4 Å². The molecule has 0 atom stereocenters. The number of nitrogens with one attached hydrogen (secondary N) is 1. The van der Waals surface area contributed by atoms with Gasteiger partial charge in [-0.15, -0.1) is 0 Å². The largest absolute Gasteiger partial charge is 0.494 e. The lowest BCUT2D eigenvalue weighted by atomic mass is 9.69. The summed E-state index contributed by atoms with van der Waals surface area (Å²) in [6.07, 6.45) is 3.52. The number of benzene rings is 1. The Morgan fingerprint density at radius 1 is 1.32 bits per heavy atom. The zero-order valence-electron chi connectivity index (χ0n) is 13.2. The van der Waals surface area contributed by atoms with Gasteiger partial charge in [0.1, 0.15) is 12.5 Å². The van der Waals surface area contributed by atoms with Crippen LogP contribution in [0.5, 0.6) is 5.75 Å². The van der Waals surface area contributed by atoms with Crippen molar-refractivity contribution < 1.29 is 19.0 Å². The summed E-state index contributed by atoms with van der Waals surface area (Å²) in [5, 5.41) is 3.03. The Hall–Kier alpha value is -1.59. The standard InChI is InChI=1S/C17H23NO4/c1-3-21-13-4-5-15-14(10-13)17(16(19)18-15)8-6-12(7-9-17)22-11-20-2/h4-5,10,12H,3,6-9,11H2,1-2H3,(H,18,19). The van der Waals surface area contributed by atoms with E-state index in [1.165, 1.54) is 0 Å². The first-order valence-electron chi connectivity index (χ1n) is 7.89. The minimum absolute atomic E-state index is 0.112. The van der Waals surface area contributed by atoms with Crippen LogP contribution in [0.4, 0.5) is 5.69 Å². The molecule has 1 fully saturated rings. The molecule has 1 aliphatic carbocycles. The van der Waals surface area contributed by atoms with E-state index >= 15 is 0 Å². The van der Waals surface area contributed by atoms with Crippen LogP contribution >= 0.6 is 0 Å². The average molecular weight is 305 g/mol. The first-order valence-corrected chi connectivity index (χ1v) is 7.89. The Balaban J connectivity index is 1.81. The van der Waals surface area contributed by atoms with E-state index in [-0.39, 0.29) is 12.0 Å². The summed E-state index contributed by atoms with van der Waals surface area (Å²) in [6, 6.07) is 5.88. The second kappa shape index (κ2) is 6.26. The van der Waals surface area contributed by atoms with Gasteiger partial charge in [-0.2, -0.15) is 0 Å². The fourth-order valence-electron chi connectivity index (χ4n) is 3.56. The Morgan fingerprint density at radius 2 is 2.09 bits per heavy atom. The van der Waals surface area contributed by atoms with Crippen LogP contribution in [0.1, 0.15) is 38.2 Å². The van der Waals surface area contributed by atoms with Crippen molar-refractivity contribution in [1.82, 2.24) is 0 Å². The Bertz CT molecular complexity index is 550. The van der Waals surface area contributed by atoms with Crippen molar-refractivity contribution in [2.24, 2.45) is 0 Å². The number of hydrogen-bond acceptors (Lipinski definition) is 4. The molecular weight excluding hydrogens is 282 g/mol. The topological polar surface area (TPSA) is 56.8 Å². The minimum Gasteiger partial charge on any atom is -0.494 e. The van der Waals surface area contributed by atoms with Crippen LogP contribution in [-0.2, 0) is 19.7 Å². The van der Waals surface area contributed by atoms with Gasteiger partial charge in [0.15, 0.2) is 0 Å². The highest BCUT2D eigenvalue weighted by Crippen LogP contribution is 2.48. The number of methoxy groups -OCH3 is 1. The van der Waals surface area contributed by atoms with Crippen molar-refractivity contribution in [3.8, 4) is 5.75 Å². The van der Waals surface area contributed by atoms with Gasteiger partial charge < -0.3 is 19.5 Å². The maximum absolute atomic E-state index is 12.6. The predicted molar refractivity (Wildman–Crippen MR) is 83.1 cm³/mol. The van der Waals surface area contributed by atoms with Crippen LogP contribution < -0.4 is 10.1 Å². The van der Waals surface area contributed by atoms with E-state index in [9.17, 15) is 4.79 Å². The molecule has 3 rings (SSSR count). The van der Waals surface area contributed by atoms with Gasteiger partial charge in [-0.25, -0.2) is 0 Å². The summed E-state index contributed by atoms with van der Waals surface area (Å²) < 4.78 is 16.2. The fourth-order valence-corrected chi connectivity index (χ4v) is 3.56. The highest BCUT2D eigenvalue weighted by atomic mass is 16.7. The lowest BCUT2D eigenvalue weighted by Crippen LogP contribution is -2.40. The van der Waals surface area contributed by atoms with Gasteiger partial charge in [0.25, 0.3) is 0 Å². The lowest BCUT2D eigenvalue weighted by molar-refractivity contribution is -0.125. The van der Waals surface area contributed by atoms with E-state index in [2.05, 4.69) is 5.32 Å². The molecular formula is C17H23NO4.